The van der Waals surface area contributed by atoms with E-state index in [0.717, 1.165) is 5.59 Å². The summed E-state index contributed by atoms with van der Waals surface area (Å²) in [4.78, 5) is 0. The van der Waals surface area contributed by atoms with Crippen molar-refractivity contribution in [3.8, 4) is 0 Å². The topological polar surface area (TPSA) is 47.1 Å². The minimum Gasteiger partial charge on any atom is -0.406 e. The predicted octanol–water partition coefficient (Wildman–Crippen LogP) is 0.956. The number of hydrogen-bond acceptors (Lipinski definition) is 3. The zero-order valence-electron chi connectivity index (χ0n) is 9.70. The van der Waals surface area contributed by atoms with Crippen molar-refractivity contribution in [1.82, 2.24) is 10.2 Å². The third-order valence-corrected chi connectivity index (χ3v) is 3.40. The fourth-order valence-electron chi connectivity index (χ4n) is 1.47. The van der Waals surface area contributed by atoms with Crippen molar-refractivity contribution in [3.05, 3.63) is 12.3 Å². The third kappa shape index (κ3) is 1.81. The standard InChI is InChI=1S/C10H17BN2O2/c1-9(2)7-14-11(15-10(9,3)4)8-5-6-12-13-8/h5-6H,7H2,1-4H3,(H,12,13). The van der Waals surface area contributed by atoms with E-state index >= 15 is 0 Å². The molecule has 0 radical (unpaired) electrons. The van der Waals surface area contributed by atoms with Crippen LogP contribution in [0.2, 0.25) is 0 Å². The molecule has 1 aliphatic rings. The van der Waals surface area contributed by atoms with Crippen LogP contribution in [0.15, 0.2) is 12.3 Å². The molecule has 4 nitrogen and oxygen atoms in total. The first-order chi connectivity index (χ1) is 6.92. The number of nitrogens with zero attached hydrogens (tertiary/aromatic N) is 1. The Morgan fingerprint density at radius 3 is 2.67 bits per heavy atom. The monoisotopic (exact) mass is 208 g/mol. The van der Waals surface area contributed by atoms with Gasteiger partial charge in [-0.05, 0) is 19.9 Å². The average molecular weight is 208 g/mol. The fourth-order valence-corrected chi connectivity index (χ4v) is 1.47. The summed E-state index contributed by atoms with van der Waals surface area (Å²) in [5, 5.41) is 6.77. The molecule has 1 aromatic rings. The van der Waals surface area contributed by atoms with Gasteiger partial charge in [-0.2, -0.15) is 5.10 Å². The molecular formula is C10H17BN2O2. The summed E-state index contributed by atoms with van der Waals surface area (Å²) < 4.78 is 11.6. The minimum atomic E-state index is -0.324. The van der Waals surface area contributed by atoms with E-state index in [0.29, 0.717) is 6.61 Å². The van der Waals surface area contributed by atoms with Crippen LogP contribution >= 0.6 is 0 Å². The lowest BCUT2D eigenvalue weighted by Crippen LogP contribution is -2.58. The Morgan fingerprint density at radius 2 is 2.13 bits per heavy atom. The second-order valence-electron chi connectivity index (χ2n) is 5.17. The Hall–Kier alpha value is -0.805. The maximum Gasteiger partial charge on any atom is 0.513 e. The Morgan fingerprint density at radius 1 is 1.40 bits per heavy atom. The molecule has 0 saturated carbocycles. The first-order valence-electron chi connectivity index (χ1n) is 5.21. The summed E-state index contributed by atoms with van der Waals surface area (Å²) in [7, 11) is -0.324. The quantitative estimate of drug-likeness (QED) is 0.699. The van der Waals surface area contributed by atoms with Gasteiger partial charge in [0.25, 0.3) is 0 Å². The zero-order chi connectivity index (χ0) is 11.1. The van der Waals surface area contributed by atoms with E-state index in [1.54, 1.807) is 6.20 Å². The van der Waals surface area contributed by atoms with Crippen LogP contribution in [0.1, 0.15) is 27.7 Å². The Bertz CT molecular complexity index is 335. The van der Waals surface area contributed by atoms with Gasteiger partial charge >= 0.3 is 7.12 Å². The van der Waals surface area contributed by atoms with E-state index in [2.05, 4.69) is 37.9 Å². The number of H-pyrrole nitrogens is 1. The van der Waals surface area contributed by atoms with Crippen LogP contribution in [0.25, 0.3) is 0 Å². The average Bonchev–Trinajstić information content (AvgIpc) is 2.62. The molecule has 82 valence electrons. The molecule has 2 rings (SSSR count). The van der Waals surface area contributed by atoms with E-state index in [1.807, 2.05) is 6.07 Å². The first kappa shape index (κ1) is 10.7. The molecule has 1 fully saturated rings. The van der Waals surface area contributed by atoms with E-state index < -0.39 is 0 Å². The minimum absolute atomic E-state index is 0.0174. The lowest BCUT2D eigenvalue weighted by molar-refractivity contribution is -0.0939. The van der Waals surface area contributed by atoms with E-state index in [4.69, 9.17) is 9.31 Å². The zero-order valence-corrected chi connectivity index (χ0v) is 9.70. The Kier molecular flexibility index (Phi) is 2.39. The van der Waals surface area contributed by atoms with Gasteiger partial charge in [0.2, 0.25) is 0 Å². The Labute approximate surface area is 90.5 Å². The summed E-state index contributed by atoms with van der Waals surface area (Å²) >= 11 is 0. The SMILES string of the molecule is CC1(C)COB(c2ccn[nH]2)OC1(C)C. The van der Waals surface area contributed by atoms with Crippen LogP contribution in [0, 0.1) is 5.41 Å². The summed E-state index contributed by atoms with van der Waals surface area (Å²) in [6.45, 7) is 9.17. The summed E-state index contributed by atoms with van der Waals surface area (Å²) in [6, 6.07) is 1.87. The fraction of sp³-hybridized carbons (Fsp3) is 0.700. The van der Waals surface area contributed by atoms with Gasteiger partial charge in [0.05, 0.1) is 11.2 Å². The van der Waals surface area contributed by atoms with Crippen LogP contribution in [0.4, 0.5) is 0 Å². The number of aromatic nitrogens is 2. The molecule has 0 atom stereocenters. The molecule has 0 amide bonds. The number of rotatable bonds is 1. The van der Waals surface area contributed by atoms with Gasteiger partial charge in [-0.25, -0.2) is 0 Å². The maximum atomic E-state index is 5.94. The molecular weight excluding hydrogens is 191 g/mol. The molecule has 1 aliphatic heterocycles. The van der Waals surface area contributed by atoms with E-state index in [1.165, 1.54) is 0 Å². The highest BCUT2D eigenvalue weighted by molar-refractivity contribution is 6.60. The van der Waals surface area contributed by atoms with Gasteiger partial charge < -0.3 is 9.31 Å². The van der Waals surface area contributed by atoms with Gasteiger partial charge in [0.1, 0.15) is 0 Å². The smallest absolute Gasteiger partial charge is 0.406 e. The van der Waals surface area contributed by atoms with Crippen molar-refractivity contribution < 1.29 is 9.31 Å². The van der Waals surface area contributed by atoms with Crippen molar-refractivity contribution in [2.75, 3.05) is 6.61 Å². The highest BCUT2D eigenvalue weighted by Gasteiger charge is 2.47. The molecule has 2 heterocycles. The van der Waals surface area contributed by atoms with Crippen LogP contribution in [-0.4, -0.2) is 29.5 Å². The molecule has 0 aliphatic carbocycles. The lowest BCUT2D eigenvalue weighted by Gasteiger charge is -2.47. The third-order valence-electron chi connectivity index (χ3n) is 3.40. The number of hydrogen-bond donors (Lipinski definition) is 1. The van der Waals surface area contributed by atoms with Crippen molar-refractivity contribution in [2.45, 2.75) is 33.3 Å². The first-order valence-corrected chi connectivity index (χ1v) is 5.21. The van der Waals surface area contributed by atoms with Crippen LogP contribution < -0.4 is 5.59 Å². The van der Waals surface area contributed by atoms with Crippen LogP contribution in [-0.2, 0) is 9.31 Å². The molecule has 5 heteroatoms. The van der Waals surface area contributed by atoms with Gasteiger partial charge in [-0.15, -0.1) is 0 Å². The van der Waals surface area contributed by atoms with E-state index in [-0.39, 0.29) is 18.1 Å². The summed E-state index contributed by atoms with van der Waals surface area (Å²) in [5.74, 6) is 0. The van der Waals surface area contributed by atoms with E-state index in [9.17, 15) is 0 Å². The predicted molar refractivity (Wildman–Crippen MR) is 58.9 cm³/mol. The molecule has 1 aromatic heterocycles. The number of nitrogens with one attached hydrogen (secondary N) is 1. The van der Waals surface area contributed by atoms with Crippen molar-refractivity contribution >= 4 is 12.7 Å². The second-order valence-corrected chi connectivity index (χ2v) is 5.17. The molecule has 0 aromatic carbocycles. The van der Waals surface area contributed by atoms with Crippen LogP contribution in [0.3, 0.4) is 0 Å². The molecule has 1 N–H and O–H groups in total. The highest BCUT2D eigenvalue weighted by atomic mass is 16.6. The highest BCUT2D eigenvalue weighted by Crippen LogP contribution is 2.37. The van der Waals surface area contributed by atoms with Gasteiger partial charge in [0, 0.05) is 18.2 Å². The van der Waals surface area contributed by atoms with Gasteiger partial charge in [-0.1, -0.05) is 13.8 Å². The van der Waals surface area contributed by atoms with Crippen molar-refractivity contribution in [1.29, 1.82) is 0 Å². The van der Waals surface area contributed by atoms with Gasteiger partial charge in [0.15, 0.2) is 0 Å². The second kappa shape index (κ2) is 3.35. The Balaban J connectivity index is 2.16. The van der Waals surface area contributed by atoms with Crippen LogP contribution in [0.5, 0.6) is 0 Å². The largest absolute Gasteiger partial charge is 0.513 e. The molecule has 1 saturated heterocycles. The van der Waals surface area contributed by atoms with Crippen molar-refractivity contribution in [3.63, 3.8) is 0 Å². The van der Waals surface area contributed by atoms with Gasteiger partial charge in [-0.3, -0.25) is 5.10 Å². The molecule has 0 unspecified atom stereocenters. The maximum absolute atomic E-state index is 5.94. The summed E-state index contributed by atoms with van der Waals surface area (Å²) in [6.07, 6.45) is 1.70. The number of aromatic amines is 1. The lowest BCUT2D eigenvalue weighted by atomic mass is 9.71. The molecule has 15 heavy (non-hydrogen) atoms. The normalized spacial score (nSPS) is 24.1. The molecule has 0 spiro atoms. The molecule has 0 bridgehead atoms. The van der Waals surface area contributed by atoms with Crippen molar-refractivity contribution in [2.24, 2.45) is 5.41 Å². The summed E-state index contributed by atoms with van der Waals surface area (Å²) in [5.41, 5.74) is 0.684.